The van der Waals surface area contributed by atoms with E-state index in [0.29, 0.717) is 80.7 Å². The Morgan fingerprint density at radius 3 is 2.22 bits per heavy atom. The summed E-state index contributed by atoms with van der Waals surface area (Å²) in [5, 5.41) is 15.1. The van der Waals surface area contributed by atoms with Crippen LogP contribution in [0.25, 0.3) is 0 Å². The minimum absolute atomic E-state index is 0.0291. The number of morpholine rings is 1. The van der Waals surface area contributed by atoms with Gasteiger partial charge in [-0.15, -0.1) is 0 Å². The van der Waals surface area contributed by atoms with Crippen LogP contribution in [0.2, 0.25) is 0 Å². The lowest BCUT2D eigenvalue weighted by Crippen LogP contribution is -2.54. The quantitative estimate of drug-likeness (QED) is 0.325. The van der Waals surface area contributed by atoms with E-state index in [0.717, 1.165) is 0 Å². The number of methoxy groups -OCH3 is 1. The van der Waals surface area contributed by atoms with Gasteiger partial charge in [-0.05, 0) is 54.1 Å². The molecule has 0 saturated carbocycles. The number of carbonyl (C=O) groups excluding carboxylic acids is 3. The van der Waals surface area contributed by atoms with Crippen LogP contribution in [0.1, 0.15) is 38.7 Å². The molecule has 2 heterocycles. The molecule has 1 unspecified atom stereocenters. The first kappa shape index (κ1) is 32.2. The van der Waals surface area contributed by atoms with E-state index in [4.69, 9.17) is 9.47 Å². The highest BCUT2D eigenvalue weighted by atomic mass is 19.1. The molecule has 0 aliphatic carbocycles. The Labute approximate surface area is 265 Å². The SMILES string of the molecule is COc1cccc(C(=O)Nc2cc(C(=O)NC(CC(=O)O)c3ccc(F)cc3)ccc2N2CCN(C(=O)N3CCOCC3)CC2)c1. The van der Waals surface area contributed by atoms with Crippen molar-refractivity contribution in [1.82, 2.24) is 15.1 Å². The van der Waals surface area contributed by atoms with E-state index in [-0.39, 0.29) is 11.6 Å². The fraction of sp³-hybridized carbons (Fsp3) is 0.333. The molecule has 3 N–H and O–H groups in total. The molecule has 4 amide bonds. The van der Waals surface area contributed by atoms with Gasteiger partial charge in [0.2, 0.25) is 0 Å². The molecule has 242 valence electrons. The van der Waals surface area contributed by atoms with E-state index >= 15 is 0 Å². The maximum Gasteiger partial charge on any atom is 0.320 e. The molecular weight excluding hydrogens is 597 g/mol. The highest BCUT2D eigenvalue weighted by Gasteiger charge is 2.28. The Hall–Kier alpha value is -5.17. The van der Waals surface area contributed by atoms with Gasteiger partial charge in [-0.25, -0.2) is 9.18 Å². The average Bonchev–Trinajstić information content (AvgIpc) is 3.08. The molecule has 3 aromatic rings. The minimum atomic E-state index is -1.14. The second kappa shape index (κ2) is 14.7. The van der Waals surface area contributed by atoms with Crippen molar-refractivity contribution in [3.05, 3.63) is 89.2 Å². The second-order valence-electron chi connectivity index (χ2n) is 10.9. The summed E-state index contributed by atoms with van der Waals surface area (Å²) in [4.78, 5) is 57.1. The van der Waals surface area contributed by atoms with Gasteiger partial charge in [0, 0.05) is 50.4 Å². The van der Waals surface area contributed by atoms with Crippen molar-refractivity contribution >= 4 is 35.2 Å². The number of aliphatic carboxylic acids is 1. The van der Waals surface area contributed by atoms with Crippen LogP contribution in [-0.2, 0) is 9.53 Å². The molecule has 1 atom stereocenters. The molecule has 2 aliphatic rings. The number of piperazine rings is 1. The third kappa shape index (κ3) is 7.91. The van der Waals surface area contributed by atoms with Gasteiger partial charge in [0.25, 0.3) is 11.8 Å². The molecule has 46 heavy (non-hydrogen) atoms. The van der Waals surface area contributed by atoms with E-state index in [1.807, 2.05) is 4.90 Å². The van der Waals surface area contributed by atoms with Crippen LogP contribution in [0.15, 0.2) is 66.7 Å². The number of carbonyl (C=O) groups is 4. The van der Waals surface area contributed by atoms with Crippen molar-refractivity contribution in [2.45, 2.75) is 12.5 Å². The minimum Gasteiger partial charge on any atom is -0.497 e. The third-order valence-corrected chi connectivity index (χ3v) is 7.97. The molecule has 0 spiro atoms. The van der Waals surface area contributed by atoms with Crippen LogP contribution in [0.5, 0.6) is 5.75 Å². The number of urea groups is 1. The maximum atomic E-state index is 13.5. The Morgan fingerprint density at radius 2 is 1.54 bits per heavy atom. The average molecular weight is 634 g/mol. The molecular formula is C33H36FN5O7. The van der Waals surface area contributed by atoms with Gasteiger partial charge in [0.1, 0.15) is 11.6 Å². The van der Waals surface area contributed by atoms with Crippen molar-refractivity contribution < 1.29 is 38.1 Å². The first-order valence-corrected chi connectivity index (χ1v) is 15.0. The normalized spacial score (nSPS) is 15.6. The van der Waals surface area contributed by atoms with E-state index in [9.17, 15) is 28.7 Å². The molecule has 2 fully saturated rings. The van der Waals surface area contributed by atoms with Crippen LogP contribution in [0.3, 0.4) is 0 Å². The number of hydrogen-bond donors (Lipinski definition) is 3. The lowest BCUT2D eigenvalue weighted by Gasteiger charge is -2.39. The number of ether oxygens (including phenoxy) is 2. The van der Waals surface area contributed by atoms with Crippen molar-refractivity contribution in [3.8, 4) is 5.75 Å². The van der Waals surface area contributed by atoms with E-state index in [1.165, 1.54) is 37.4 Å². The van der Waals surface area contributed by atoms with Gasteiger partial charge < -0.3 is 39.9 Å². The number of amides is 4. The van der Waals surface area contributed by atoms with Crippen LogP contribution in [0.4, 0.5) is 20.6 Å². The van der Waals surface area contributed by atoms with Gasteiger partial charge in [0.15, 0.2) is 0 Å². The predicted molar refractivity (Wildman–Crippen MR) is 168 cm³/mol. The van der Waals surface area contributed by atoms with E-state index in [2.05, 4.69) is 10.6 Å². The molecule has 2 aliphatic heterocycles. The van der Waals surface area contributed by atoms with Crippen LogP contribution < -0.4 is 20.3 Å². The van der Waals surface area contributed by atoms with Crippen LogP contribution in [-0.4, -0.2) is 98.3 Å². The lowest BCUT2D eigenvalue weighted by atomic mass is 10.0. The van der Waals surface area contributed by atoms with Crippen molar-refractivity contribution in [2.75, 3.05) is 69.8 Å². The summed E-state index contributed by atoms with van der Waals surface area (Å²) in [5.41, 5.74) is 1.99. The van der Waals surface area contributed by atoms with Crippen LogP contribution >= 0.6 is 0 Å². The van der Waals surface area contributed by atoms with Gasteiger partial charge in [-0.2, -0.15) is 0 Å². The summed E-state index contributed by atoms with van der Waals surface area (Å²) in [5.74, 6) is -2.11. The lowest BCUT2D eigenvalue weighted by molar-refractivity contribution is -0.137. The summed E-state index contributed by atoms with van der Waals surface area (Å²) in [6.07, 6.45) is -0.414. The fourth-order valence-corrected chi connectivity index (χ4v) is 5.47. The van der Waals surface area contributed by atoms with Crippen molar-refractivity contribution in [1.29, 1.82) is 0 Å². The number of halogens is 1. The number of carboxylic acids is 1. The molecule has 5 rings (SSSR count). The van der Waals surface area contributed by atoms with Crippen molar-refractivity contribution in [3.63, 3.8) is 0 Å². The predicted octanol–water partition coefficient (Wildman–Crippen LogP) is 3.61. The van der Waals surface area contributed by atoms with E-state index < -0.39 is 36.1 Å². The van der Waals surface area contributed by atoms with Gasteiger partial charge in [0.05, 0.1) is 44.2 Å². The van der Waals surface area contributed by atoms with Crippen molar-refractivity contribution in [2.24, 2.45) is 0 Å². The van der Waals surface area contributed by atoms with Gasteiger partial charge in [-0.1, -0.05) is 18.2 Å². The number of anilines is 2. The van der Waals surface area contributed by atoms with Gasteiger partial charge in [-0.3, -0.25) is 14.4 Å². The van der Waals surface area contributed by atoms with E-state index in [1.54, 1.807) is 46.2 Å². The zero-order valence-corrected chi connectivity index (χ0v) is 25.4. The number of hydrogen-bond acceptors (Lipinski definition) is 7. The summed E-state index contributed by atoms with van der Waals surface area (Å²) in [7, 11) is 1.50. The summed E-state index contributed by atoms with van der Waals surface area (Å²) in [6, 6.07) is 15.8. The summed E-state index contributed by atoms with van der Waals surface area (Å²) < 4.78 is 24.1. The fourth-order valence-electron chi connectivity index (χ4n) is 5.47. The molecule has 12 nitrogen and oxygen atoms in total. The molecule has 3 aromatic carbocycles. The van der Waals surface area contributed by atoms with Gasteiger partial charge >= 0.3 is 12.0 Å². The Morgan fingerprint density at radius 1 is 0.870 bits per heavy atom. The van der Waals surface area contributed by atoms with Crippen LogP contribution in [0, 0.1) is 5.82 Å². The largest absolute Gasteiger partial charge is 0.497 e. The number of benzene rings is 3. The number of nitrogens with one attached hydrogen (secondary N) is 2. The number of nitrogens with zero attached hydrogens (tertiary/aromatic N) is 3. The summed E-state index contributed by atoms with van der Waals surface area (Å²) in [6.45, 7) is 4.07. The Balaban J connectivity index is 1.38. The second-order valence-corrected chi connectivity index (χ2v) is 10.9. The number of carboxylic acid groups (broad SMARTS) is 1. The highest BCUT2D eigenvalue weighted by molar-refractivity contribution is 6.07. The third-order valence-electron chi connectivity index (χ3n) is 7.97. The maximum absolute atomic E-state index is 13.5. The zero-order valence-electron chi connectivity index (χ0n) is 25.4. The Bertz CT molecular complexity index is 1570. The Kier molecular flexibility index (Phi) is 10.3. The topological polar surface area (TPSA) is 141 Å². The molecule has 13 heteroatoms. The zero-order chi connectivity index (χ0) is 32.6. The molecule has 0 radical (unpaired) electrons. The monoisotopic (exact) mass is 633 g/mol. The smallest absolute Gasteiger partial charge is 0.320 e. The highest BCUT2D eigenvalue weighted by Crippen LogP contribution is 2.30. The first-order valence-electron chi connectivity index (χ1n) is 15.0. The molecule has 2 saturated heterocycles. The number of rotatable bonds is 9. The first-order chi connectivity index (χ1) is 22.2. The standard InChI is InChI=1S/C33H36FN5O7/c1-45-26-4-2-3-23(19-26)31(42)36-28-20-24(32(43)35-27(21-30(40)41)22-5-8-25(34)9-6-22)7-10-29(28)37-11-13-38(14-12-37)33(44)39-15-17-46-18-16-39/h2-10,19-20,27H,11-18,21H2,1H3,(H,35,43)(H,36,42)(H,40,41). The molecule has 0 aromatic heterocycles. The molecule has 0 bridgehead atoms. The summed E-state index contributed by atoms with van der Waals surface area (Å²) >= 11 is 0.